The van der Waals surface area contributed by atoms with E-state index < -0.39 is 0 Å². The number of aromatic nitrogens is 2. The van der Waals surface area contributed by atoms with E-state index >= 15 is 0 Å². The lowest BCUT2D eigenvalue weighted by atomic mass is 10.4. The fraction of sp³-hybridized carbons (Fsp3) is 0.667. The predicted molar refractivity (Wildman–Crippen MR) is 49.9 cm³/mol. The monoisotopic (exact) mass is 184 g/mol. The lowest BCUT2D eigenvalue weighted by molar-refractivity contribution is 0.0716. The van der Waals surface area contributed by atoms with Crippen molar-refractivity contribution in [2.75, 3.05) is 13.7 Å². The van der Waals surface area contributed by atoms with Gasteiger partial charge in [-0.2, -0.15) is 5.10 Å². The lowest BCUT2D eigenvalue weighted by Crippen LogP contribution is -2.15. The van der Waals surface area contributed by atoms with Gasteiger partial charge in [0, 0.05) is 13.7 Å². The minimum Gasteiger partial charge on any atom is -0.488 e. The quantitative estimate of drug-likeness (QED) is 0.692. The average Bonchev–Trinajstić information content (AvgIpc) is 2.61. The molecule has 0 fully saturated rings. The number of hydrogen-bond donors (Lipinski definition) is 0. The Morgan fingerprint density at radius 2 is 2.38 bits per heavy atom. The zero-order chi connectivity index (χ0) is 9.68. The Hall–Kier alpha value is -1.03. The van der Waals surface area contributed by atoms with Crippen LogP contribution >= 0.6 is 0 Å². The highest BCUT2D eigenvalue weighted by Gasteiger charge is 2.02. The zero-order valence-corrected chi connectivity index (χ0v) is 8.36. The summed E-state index contributed by atoms with van der Waals surface area (Å²) in [7, 11) is 1.67. The van der Waals surface area contributed by atoms with E-state index in [0.29, 0.717) is 6.61 Å². The Labute approximate surface area is 78.5 Å². The molecule has 13 heavy (non-hydrogen) atoms. The summed E-state index contributed by atoms with van der Waals surface area (Å²) in [6.45, 7) is 5.42. The van der Waals surface area contributed by atoms with Crippen LogP contribution in [0.25, 0.3) is 0 Å². The largest absolute Gasteiger partial charge is 0.488 e. The number of nitrogens with zero attached hydrogens (tertiary/aromatic N) is 2. The van der Waals surface area contributed by atoms with E-state index in [0.717, 1.165) is 12.3 Å². The van der Waals surface area contributed by atoms with Gasteiger partial charge in [0.05, 0.1) is 18.5 Å². The van der Waals surface area contributed by atoms with Crippen LogP contribution in [0.15, 0.2) is 12.4 Å². The van der Waals surface area contributed by atoms with Crippen molar-refractivity contribution in [1.82, 2.24) is 9.78 Å². The Balaban J connectivity index is 2.36. The molecule has 0 radical (unpaired) electrons. The molecule has 0 amide bonds. The van der Waals surface area contributed by atoms with Gasteiger partial charge in [0.15, 0.2) is 5.75 Å². The van der Waals surface area contributed by atoms with Gasteiger partial charge >= 0.3 is 0 Å². The SMILES string of the molecule is CCn1cc(OCC(C)OC)cn1. The molecule has 0 saturated heterocycles. The molecule has 4 heteroatoms. The Morgan fingerprint density at radius 3 is 2.92 bits per heavy atom. The highest BCUT2D eigenvalue weighted by Crippen LogP contribution is 2.08. The predicted octanol–water partition coefficient (Wildman–Crippen LogP) is 1.32. The molecule has 1 aromatic rings. The molecular weight excluding hydrogens is 168 g/mol. The molecule has 0 saturated carbocycles. The molecule has 4 nitrogen and oxygen atoms in total. The zero-order valence-electron chi connectivity index (χ0n) is 8.36. The van der Waals surface area contributed by atoms with Crippen molar-refractivity contribution in [2.24, 2.45) is 0 Å². The molecule has 1 atom stereocenters. The van der Waals surface area contributed by atoms with Crippen molar-refractivity contribution in [2.45, 2.75) is 26.5 Å². The van der Waals surface area contributed by atoms with Crippen molar-refractivity contribution in [3.8, 4) is 5.75 Å². The number of rotatable bonds is 5. The van der Waals surface area contributed by atoms with Crippen molar-refractivity contribution < 1.29 is 9.47 Å². The van der Waals surface area contributed by atoms with Crippen LogP contribution in [0, 0.1) is 0 Å². The maximum Gasteiger partial charge on any atom is 0.157 e. The van der Waals surface area contributed by atoms with Gasteiger partial charge in [-0.3, -0.25) is 4.68 Å². The Bertz CT molecular complexity index is 248. The smallest absolute Gasteiger partial charge is 0.157 e. The molecule has 0 aliphatic carbocycles. The Kier molecular flexibility index (Phi) is 3.76. The van der Waals surface area contributed by atoms with Gasteiger partial charge in [0.25, 0.3) is 0 Å². The van der Waals surface area contributed by atoms with Crippen molar-refractivity contribution in [3.05, 3.63) is 12.4 Å². The first-order valence-electron chi connectivity index (χ1n) is 4.44. The molecule has 0 aliphatic rings. The van der Waals surface area contributed by atoms with Crippen LogP contribution < -0.4 is 4.74 Å². The Morgan fingerprint density at radius 1 is 1.62 bits per heavy atom. The molecule has 0 bridgehead atoms. The van der Waals surface area contributed by atoms with Gasteiger partial charge in [-0.15, -0.1) is 0 Å². The minimum atomic E-state index is 0.116. The van der Waals surface area contributed by atoms with Crippen LogP contribution in [0.3, 0.4) is 0 Å². The van der Waals surface area contributed by atoms with Crippen LogP contribution in [0.2, 0.25) is 0 Å². The van der Waals surface area contributed by atoms with Gasteiger partial charge in [-0.1, -0.05) is 0 Å². The van der Waals surface area contributed by atoms with E-state index in [1.165, 1.54) is 0 Å². The van der Waals surface area contributed by atoms with Gasteiger partial charge in [-0.05, 0) is 13.8 Å². The van der Waals surface area contributed by atoms with Gasteiger partial charge in [0.1, 0.15) is 6.61 Å². The van der Waals surface area contributed by atoms with Crippen molar-refractivity contribution in [3.63, 3.8) is 0 Å². The molecule has 0 aliphatic heterocycles. The molecule has 74 valence electrons. The fourth-order valence-corrected chi connectivity index (χ4v) is 0.874. The molecule has 1 aromatic heterocycles. The molecule has 1 heterocycles. The maximum atomic E-state index is 5.43. The summed E-state index contributed by atoms with van der Waals surface area (Å²) in [6, 6.07) is 0. The number of aryl methyl sites for hydroxylation is 1. The average molecular weight is 184 g/mol. The van der Waals surface area contributed by atoms with Crippen molar-refractivity contribution >= 4 is 0 Å². The summed E-state index contributed by atoms with van der Waals surface area (Å²) < 4.78 is 12.3. The van der Waals surface area contributed by atoms with Gasteiger partial charge in [-0.25, -0.2) is 0 Å². The summed E-state index contributed by atoms with van der Waals surface area (Å²) in [6.07, 6.45) is 3.71. The second-order valence-corrected chi connectivity index (χ2v) is 2.89. The summed E-state index contributed by atoms with van der Waals surface area (Å²) in [5.41, 5.74) is 0. The van der Waals surface area contributed by atoms with E-state index in [1.807, 2.05) is 24.7 Å². The molecule has 0 aromatic carbocycles. The van der Waals surface area contributed by atoms with Crippen LogP contribution in [0.4, 0.5) is 0 Å². The summed E-state index contributed by atoms with van der Waals surface area (Å²) in [5, 5.41) is 4.09. The highest BCUT2D eigenvalue weighted by molar-refractivity contribution is 5.11. The van der Waals surface area contributed by atoms with Gasteiger partial charge < -0.3 is 9.47 Å². The normalized spacial score (nSPS) is 12.8. The topological polar surface area (TPSA) is 36.3 Å². The second-order valence-electron chi connectivity index (χ2n) is 2.89. The fourth-order valence-electron chi connectivity index (χ4n) is 0.874. The third kappa shape index (κ3) is 3.06. The van der Waals surface area contributed by atoms with Crippen molar-refractivity contribution in [1.29, 1.82) is 0 Å². The molecule has 0 N–H and O–H groups in total. The number of methoxy groups -OCH3 is 1. The second kappa shape index (κ2) is 4.87. The summed E-state index contributed by atoms with van der Waals surface area (Å²) in [5.74, 6) is 0.797. The maximum absolute atomic E-state index is 5.43. The molecule has 0 spiro atoms. The molecule has 1 rings (SSSR count). The first-order chi connectivity index (χ1) is 6.26. The highest BCUT2D eigenvalue weighted by atomic mass is 16.5. The van der Waals surface area contributed by atoms with E-state index in [1.54, 1.807) is 13.3 Å². The molecule has 1 unspecified atom stereocenters. The van der Waals surface area contributed by atoms with E-state index in [9.17, 15) is 0 Å². The number of ether oxygens (including phenoxy) is 2. The van der Waals surface area contributed by atoms with E-state index in [4.69, 9.17) is 9.47 Å². The van der Waals surface area contributed by atoms with E-state index in [2.05, 4.69) is 5.10 Å². The lowest BCUT2D eigenvalue weighted by Gasteiger charge is -2.09. The number of hydrogen-bond acceptors (Lipinski definition) is 3. The third-order valence-corrected chi connectivity index (χ3v) is 1.82. The first kappa shape index (κ1) is 10.1. The summed E-state index contributed by atoms with van der Waals surface area (Å²) in [4.78, 5) is 0. The van der Waals surface area contributed by atoms with Crippen LogP contribution in [0.1, 0.15) is 13.8 Å². The molecular formula is C9H16N2O2. The van der Waals surface area contributed by atoms with Crippen LogP contribution in [-0.2, 0) is 11.3 Å². The van der Waals surface area contributed by atoms with Crippen LogP contribution in [0.5, 0.6) is 5.75 Å². The standard InChI is InChI=1S/C9H16N2O2/c1-4-11-6-9(5-10-11)13-7-8(2)12-3/h5-6,8H,4,7H2,1-3H3. The van der Waals surface area contributed by atoms with E-state index in [-0.39, 0.29) is 6.10 Å². The third-order valence-electron chi connectivity index (χ3n) is 1.82. The van der Waals surface area contributed by atoms with Crippen LogP contribution in [-0.4, -0.2) is 29.6 Å². The first-order valence-corrected chi connectivity index (χ1v) is 4.44. The summed E-state index contributed by atoms with van der Waals surface area (Å²) >= 11 is 0. The minimum absolute atomic E-state index is 0.116. The van der Waals surface area contributed by atoms with Gasteiger partial charge in [0.2, 0.25) is 0 Å².